The molecule has 0 fully saturated rings. The molecular formula is C20H18FN5O2. The predicted molar refractivity (Wildman–Crippen MR) is 103 cm³/mol. The van der Waals surface area contributed by atoms with Crippen molar-refractivity contribution in [2.45, 2.75) is 27.3 Å². The number of aryl methyl sites for hydroxylation is 3. The minimum atomic E-state index is -0.436. The summed E-state index contributed by atoms with van der Waals surface area (Å²) in [5, 5.41) is 11.5. The molecule has 1 N–H and O–H groups in total. The maximum atomic E-state index is 14.2. The van der Waals surface area contributed by atoms with Gasteiger partial charge in [-0.15, -0.1) is 0 Å². The van der Waals surface area contributed by atoms with Gasteiger partial charge in [-0.1, -0.05) is 17.3 Å². The Hall–Kier alpha value is -3.55. The third-order valence-corrected chi connectivity index (χ3v) is 4.53. The van der Waals surface area contributed by atoms with Crippen LogP contribution in [0.1, 0.15) is 28.7 Å². The Morgan fingerprint density at radius 2 is 2.04 bits per heavy atom. The molecule has 0 aliphatic heterocycles. The molecule has 0 radical (unpaired) electrons. The molecule has 4 aromatic rings. The Morgan fingerprint density at radius 1 is 1.25 bits per heavy atom. The van der Waals surface area contributed by atoms with Crippen molar-refractivity contribution in [2.24, 2.45) is 0 Å². The number of rotatable bonds is 4. The Balaban J connectivity index is 1.81. The van der Waals surface area contributed by atoms with Gasteiger partial charge < -0.3 is 9.84 Å². The molecular weight excluding hydrogens is 361 g/mol. The number of carbonyl (C=O) groups is 1. The number of hydrogen-bond acceptors (Lipinski definition) is 5. The summed E-state index contributed by atoms with van der Waals surface area (Å²) in [7, 11) is 0. The van der Waals surface area contributed by atoms with Crippen LogP contribution in [0.15, 0.2) is 40.9 Å². The standard InChI is InChI=1S/C20H18FN5O2/c1-4-26-11(2)9-17(24-26)23-19(27)14-10-16(13-7-5-6-8-15(13)21)22-20-18(14)12(3)25-28-20/h5-10H,4H2,1-3H3,(H,23,24,27). The van der Waals surface area contributed by atoms with Crippen molar-refractivity contribution in [3.05, 3.63) is 59.2 Å². The summed E-state index contributed by atoms with van der Waals surface area (Å²) in [5.74, 6) is -0.387. The third kappa shape index (κ3) is 3.02. The van der Waals surface area contributed by atoms with E-state index in [0.717, 1.165) is 5.69 Å². The van der Waals surface area contributed by atoms with E-state index in [2.05, 4.69) is 20.6 Å². The summed E-state index contributed by atoms with van der Waals surface area (Å²) in [6.07, 6.45) is 0. The normalized spacial score (nSPS) is 11.1. The first-order chi connectivity index (χ1) is 13.5. The summed E-state index contributed by atoms with van der Waals surface area (Å²) in [6, 6.07) is 9.57. The first-order valence-electron chi connectivity index (χ1n) is 8.85. The van der Waals surface area contributed by atoms with Crippen molar-refractivity contribution in [1.82, 2.24) is 19.9 Å². The number of benzene rings is 1. The number of nitrogens with one attached hydrogen (secondary N) is 1. The molecule has 1 aromatic carbocycles. The molecule has 0 aliphatic carbocycles. The zero-order valence-corrected chi connectivity index (χ0v) is 15.7. The monoisotopic (exact) mass is 379 g/mol. The Kier molecular flexibility index (Phi) is 4.38. The van der Waals surface area contributed by atoms with E-state index < -0.39 is 11.7 Å². The molecule has 8 heteroatoms. The lowest BCUT2D eigenvalue weighted by Crippen LogP contribution is -2.14. The van der Waals surface area contributed by atoms with Gasteiger partial charge in [-0.2, -0.15) is 5.10 Å². The van der Waals surface area contributed by atoms with Gasteiger partial charge in [-0.3, -0.25) is 9.48 Å². The van der Waals surface area contributed by atoms with Crippen LogP contribution >= 0.6 is 0 Å². The highest BCUT2D eigenvalue weighted by atomic mass is 19.1. The predicted octanol–water partition coefficient (Wildman–Crippen LogP) is 4.11. The fourth-order valence-corrected chi connectivity index (χ4v) is 3.16. The van der Waals surface area contributed by atoms with Crippen molar-refractivity contribution < 1.29 is 13.7 Å². The quantitative estimate of drug-likeness (QED) is 0.577. The lowest BCUT2D eigenvalue weighted by Gasteiger charge is -2.07. The summed E-state index contributed by atoms with van der Waals surface area (Å²) in [6.45, 7) is 6.31. The van der Waals surface area contributed by atoms with E-state index in [1.165, 1.54) is 6.07 Å². The Bertz CT molecular complexity index is 1190. The molecule has 0 spiro atoms. The number of hydrogen-bond donors (Lipinski definition) is 1. The summed E-state index contributed by atoms with van der Waals surface area (Å²) < 4.78 is 21.3. The largest absolute Gasteiger partial charge is 0.335 e. The average molecular weight is 379 g/mol. The van der Waals surface area contributed by atoms with Crippen molar-refractivity contribution in [1.29, 1.82) is 0 Å². The molecule has 1 amide bonds. The number of amides is 1. The van der Waals surface area contributed by atoms with Crippen LogP contribution in [0.2, 0.25) is 0 Å². The number of nitrogens with zero attached hydrogens (tertiary/aromatic N) is 4. The van der Waals surface area contributed by atoms with E-state index in [1.807, 2.05) is 13.8 Å². The van der Waals surface area contributed by atoms with Gasteiger partial charge in [0.15, 0.2) is 5.82 Å². The van der Waals surface area contributed by atoms with Gasteiger partial charge in [0, 0.05) is 23.9 Å². The van der Waals surface area contributed by atoms with E-state index in [1.54, 1.807) is 41.9 Å². The van der Waals surface area contributed by atoms with Crippen LogP contribution in [0.4, 0.5) is 10.2 Å². The van der Waals surface area contributed by atoms with E-state index in [0.29, 0.717) is 34.7 Å². The van der Waals surface area contributed by atoms with Crippen LogP contribution in [0.25, 0.3) is 22.4 Å². The van der Waals surface area contributed by atoms with Crippen molar-refractivity contribution >= 4 is 22.8 Å². The van der Waals surface area contributed by atoms with Crippen LogP contribution in [-0.2, 0) is 6.54 Å². The zero-order chi connectivity index (χ0) is 19.8. The van der Waals surface area contributed by atoms with Gasteiger partial charge in [-0.05, 0) is 39.0 Å². The van der Waals surface area contributed by atoms with Crippen LogP contribution in [0.3, 0.4) is 0 Å². The number of anilines is 1. The van der Waals surface area contributed by atoms with Crippen molar-refractivity contribution in [2.75, 3.05) is 5.32 Å². The van der Waals surface area contributed by atoms with Gasteiger partial charge in [0.25, 0.3) is 11.6 Å². The highest BCUT2D eigenvalue weighted by Crippen LogP contribution is 2.29. The molecule has 4 rings (SSSR count). The van der Waals surface area contributed by atoms with Gasteiger partial charge in [0.2, 0.25) is 0 Å². The molecule has 0 bridgehead atoms. The van der Waals surface area contributed by atoms with Gasteiger partial charge >= 0.3 is 0 Å². The maximum Gasteiger partial charge on any atom is 0.259 e. The van der Waals surface area contributed by atoms with Crippen LogP contribution < -0.4 is 5.32 Å². The second kappa shape index (κ2) is 6.88. The van der Waals surface area contributed by atoms with Crippen LogP contribution in [0, 0.1) is 19.7 Å². The highest BCUT2D eigenvalue weighted by molar-refractivity contribution is 6.12. The molecule has 142 valence electrons. The molecule has 3 heterocycles. The molecule has 0 atom stereocenters. The first kappa shape index (κ1) is 17.8. The Labute approximate surface area is 160 Å². The SMILES string of the molecule is CCn1nc(NC(=O)c2cc(-c3ccccc3F)nc3onc(C)c23)cc1C. The highest BCUT2D eigenvalue weighted by Gasteiger charge is 2.21. The maximum absolute atomic E-state index is 14.2. The lowest BCUT2D eigenvalue weighted by atomic mass is 10.0. The van der Waals surface area contributed by atoms with E-state index in [-0.39, 0.29) is 11.3 Å². The summed E-state index contributed by atoms with van der Waals surface area (Å²) in [4.78, 5) is 17.3. The molecule has 0 aliphatic rings. The zero-order valence-electron chi connectivity index (χ0n) is 15.7. The fraction of sp³-hybridized carbons (Fsp3) is 0.200. The number of pyridine rings is 1. The topological polar surface area (TPSA) is 85.8 Å². The van der Waals surface area contributed by atoms with Gasteiger partial charge in [0.1, 0.15) is 5.82 Å². The van der Waals surface area contributed by atoms with Crippen LogP contribution in [-0.4, -0.2) is 25.8 Å². The van der Waals surface area contributed by atoms with E-state index >= 15 is 0 Å². The summed E-state index contributed by atoms with van der Waals surface area (Å²) >= 11 is 0. The molecule has 0 saturated heterocycles. The number of halogens is 1. The minimum Gasteiger partial charge on any atom is -0.335 e. The first-order valence-corrected chi connectivity index (χ1v) is 8.85. The van der Waals surface area contributed by atoms with Crippen molar-refractivity contribution in [3.63, 3.8) is 0 Å². The molecule has 3 aromatic heterocycles. The van der Waals surface area contributed by atoms with Gasteiger partial charge in [-0.25, -0.2) is 9.37 Å². The minimum absolute atomic E-state index is 0.179. The fourth-order valence-electron chi connectivity index (χ4n) is 3.16. The molecule has 0 saturated carbocycles. The number of carbonyl (C=O) groups excluding carboxylic acids is 1. The molecule has 0 unspecified atom stereocenters. The van der Waals surface area contributed by atoms with Gasteiger partial charge in [0.05, 0.1) is 22.3 Å². The smallest absolute Gasteiger partial charge is 0.259 e. The average Bonchev–Trinajstić information content (AvgIpc) is 3.23. The van der Waals surface area contributed by atoms with Crippen LogP contribution in [0.5, 0.6) is 0 Å². The Morgan fingerprint density at radius 3 is 2.75 bits per heavy atom. The molecule has 7 nitrogen and oxygen atoms in total. The van der Waals surface area contributed by atoms with E-state index in [4.69, 9.17) is 4.52 Å². The van der Waals surface area contributed by atoms with Crippen molar-refractivity contribution in [3.8, 4) is 11.3 Å². The second-order valence-electron chi connectivity index (χ2n) is 6.42. The summed E-state index contributed by atoms with van der Waals surface area (Å²) in [5.41, 5.74) is 2.51. The van der Waals surface area contributed by atoms with E-state index in [9.17, 15) is 9.18 Å². The number of fused-ring (bicyclic) bond motifs is 1. The lowest BCUT2D eigenvalue weighted by molar-refractivity contribution is 0.102. The second-order valence-corrected chi connectivity index (χ2v) is 6.42. The number of aromatic nitrogens is 4. The molecule has 28 heavy (non-hydrogen) atoms. The third-order valence-electron chi connectivity index (χ3n) is 4.53.